The van der Waals surface area contributed by atoms with E-state index in [2.05, 4.69) is 15.2 Å². The van der Waals surface area contributed by atoms with Crippen molar-refractivity contribution in [3.05, 3.63) is 58.0 Å². The van der Waals surface area contributed by atoms with Crippen LogP contribution in [0.25, 0.3) is 0 Å². The first kappa shape index (κ1) is 16.1. The van der Waals surface area contributed by atoms with Crippen LogP contribution in [0, 0.1) is 15.9 Å². The highest BCUT2D eigenvalue weighted by Crippen LogP contribution is 2.27. The Morgan fingerprint density at radius 1 is 1.33 bits per heavy atom. The minimum absolute atomic E-state index is 0.276. The second-order valence-corrected chi connectivity index (χ2v) is 5.36. The van der Waals surface area contributed by atoms with Crippen molar-refractivity contribution in [3.63, 3.8) is 0 Å². The molecule has 1 N–H and O–H groups in total. The summed E-state index contributed by atoms with van der Waals surface area (Å²) in [5.41, 5.74) is 0.906. The highest BCUT2D eigenvalue weighted by molar-refractivity contribution is 5.62. The van der Waals surface area contributed by atoms with Gasteiger partial charge in [0.05, 0.1) is 24.2 Å². The number of pyridine rings is 1. The number of nitro groups is 1. The van der Waals surface area contributed by atoms with E-state index < -0.39 is 10.7 Å². The van der Waals surface area contributed by atoms with Crippen LogP contribution in [0.4, 0.5) is 21.6 Å². The smallest absolute Gasteiger partial charge is 0.295 e. The third-order valence-corrected chi connectivity index (χ3v) is 3.80. The van der Waals surface area contributed by atoms with E-state index in [1.165, 1.54) is 12.1 Å². The number of benzene rings is 1. The quantitative estimate of drug-likeness (QED) is 0.669. The predicted octanol–water partition coefficient (Wildman–Crippen LogP) is 2.58. The Bertz CT molecular complexity index is 735. The average Bonchev–Trinajstić information content (AvgIpc) is 2.61. The van der Waals surface area contributed by atoms with Crippen molar-refractivity contribution in [1.29, 1.82) is 0 Å². The molecule has 0 amide bonds. The second-order valence-electron chi connectivity index (χ2n) is 5.36. The molecule has 24 heavy (non-hydrogen) atoms. The molecule has 1 aliphatic heterocycles. The van der Waals surface area contributed by atoms with Gasteiger partial charge in [-0.25, -0.2) is 9.37 Å². The number of nitrogens with one attached hydrogen (secondary N) is 1. The monoisotopic (exact) mass is 332 g/mol. The summed E-state index contributed by atoms with van der Waals surface area (Å²) in [6, 6.07) is 7.22. The fourth-order valence-electron chi connectivity index (χ4n) is 2.62. The van der Waals surface area contributed by atoms with Crippen LogP contribution < -0.4 is 10.2 Å². The lowest BCUT2D eigenvalue weighted by molar-refractivity contribution is -0.384. The molecule has 1 fully saturated rings. The van der Waals surface area contributed by atoms with Crippen LogP contribution in [0.1, 0.15) is 5.56 Å². The lowest BCUT2D eigenvalue weighted by Gasteiger charge is -2.29. The summed E-state index contributed by atoms with van der Waals surface area (Å²) in [7, 11) is 0. The van der Waals surface area contributed by atoms with Gasteiger partial charge in [-0.15, -0.1) is 0 Å². The van der Waals surface area contributed by atoms with E-state index in [0.717, 1.165) is 30.5 Å². The van der Waals surface area contributed by atoms with Gasteiger partial charge in [0, 0.05) is 31.4 Å². The molecule has 0 bridgehead atoms. The van der Waals surface area contributed by atoms with Crippen LogP contribution in [0.2, 0.25) is 0 Å². The highest BCUT2D eigenvalue weighted by atomic mass is 19.1. The van der Waals surface area contributed by atoms with Crippen LogP contribution in [0.3, 0.4) is 0 Å². The molecule has 0 spiro atoms. The summed E-state index contributed by atoms with van der Waals surface area (Å²) in [5.74, 6) is 0.195. The molecule has 0 radical (unpaired) electrons. The van der Waals surface area contributed by atoms with Crippen LogP contribution in [0.15, 0.2) is 36.5 Å². The number of hydrogen-bond donors (Lipinski definition) is 1. The van der Waals surface area contributed by atoms with Gasteiger partial charge in [0.1, 0.15) is 17.3 Å². The lowest BCUT2D eigenvalue weighted by atomic mass is 10.2. The molecular formula is C16H17FN4O3. The van der Waals surface area contributed by atoms with Crippen LogP contribution in [-0.2, 0) is 11.3 Å². The van der Waals surface area contributed by atoms with Crippen molar-refractivity contribution in [2.45, 2.75) is 6.54 Å². The van der Waals surface area contributed by atoms with Gasteiger partial charge in [-0.05, 0) is 18.2 Å². The largest absolute Gasteiger partial charge is 0.378 e. The lowest BCUT2D eigenvalue weighted by Crippen LogP contribution is -2.37. The van der Waals surface area contributed by atoms with Gasteiger partial charge in [-0.3, -0.25) is 10.1 Å². The summed E-state index contributed by atoms with van der Waals surface area (Å²) >= 11 is 0. The number of rotatable bonds is 5. The SMILES string of the molecule is O=[N+]([O-])c1cc(F)ccc1NCc1cccnc1N1CCOCC1. The van der Waals surface area contributed by atoms with Gasteiger partial charge in [0.25, 0.3) is 5.69 Å². The minimum atomic E-state index is -0.636. The van der Waals surface area contributed by atoms with Crippen molar-refractivity contribution >= 4 is 17.2 Å². The zero-order valence-corrected chi connectivity index (χ0v) is 12.9. The first-order chi connectivity index (χ1) is 11.6. The summed E-state index contributed by atoms with van der Waals surface area (Å²) in [6.45, 7) is 3.15. The van der Waals surface area contributed by atoms with Gasteiger partial charge in [0.15, 0.2) is 0 Å². The Balaban J connectivity index is 1.79. The van der Waals surface area contributed by atoms with Crippen molar-refractivity contribution in [1.82, 2.24) is 4.98 Å². The van der Waals surface area contributed by atoms with Gasteiger partial charge in [0.2, 0.25) is 0 Å². The Kier molecular flexibility index (Phi) is 4.85. The molecule has 2 heterocycles. The number of nitrogens with zero attached hydrogens (tertiary/aromatic N) is 3. The van der Waals surface area contributed by atoms with E-state index in [0.29, 0.717) is 19.8 Å². The zero-order chi connectivity index (χ0) is 16.9. The summed E-state index contributed by atoms with van der Waals surface area (Å²) in [4.78, 5) is 17.0. The molecule has 3 rings (SSSR count). The maximum atomic E-state index is 13.2. The molecule has 7 nitrogen and oxygen atoms in total. The van der Waals surface area contributed by atoms with Gasteiger partial charge >= 0.3 is 0 Å². The van der Waals surface area contributed by atoms with E-state index in [4.69, 9.17) is 4.74 Å². The Morgan fingerprint density at radius 2 is 2.12 bits per heavy atom. The van der Waals surface area contributed by atoms with Gasteiger partial charge in [-0.1, -0.05) is 6.07 Å². The third-order valence-electron chi connectivity index (χ3n) is 3.80. The first-order valence-corrected chi connectivity index (χ1v) is 7.59. The molecule has 1 aromatic heterocycles. The summed E-state index contributed by atoms with van der Waals surface area (Å²) < 4.78 is 18.6. The van der Waals surface area contributed by atoms with Crippen molar-refractivity contribution in [2.24, 2.45) is 0 Å². The second kappa shape index (κ2) is 7.22. The van der Waals surface area contributed by atoms with Crippen molar-refractivity contribution < 1.29 is 14.1 Å². The maximum absolute atomic E-state index is 13.2. The molecule has 0 atom stereocenters. The van der Waals surface area contributed by atoms with Crippen molar-refractivity contribution in [2.75, 3.05) is 36.5 Å². The highest BCUT2D eigenvalue weighted by Gasteiger charge is 2.18. The molecule has 0 saturated carbocycles. The molecule has 2 aromatic rings. The Labute approximate surface area is 138 Å². The first-order valence-electron chi connectivity index (χ1n) is 7.59. The maximum Gasteiger partial charge on any atom is 0.295 e. The molecular weight excluding hydrogens is 315 g/mol. The molecule has 1 aromatic carbocycles. The van der Waals surface area contributed by atoms with Gasteiger partial charge < -0.3 is 15.0 Å². The molecule has 126 valence electrons. The van der Waals surface area contributed by atoms with Crippen molar-refractivity contribution in [3.8, 4) is 0 Å². The van der Waals surface area contributed by atoms with E-state index in [1.54, 1.807) is 6.20 Å². The number of nitro benzene ring substituents is 1. The summed E-state index contributed by atoms with van der Waals surface area (Å²) in [6.07, 6.45) is 1.72. The number of halogens is 1. The van der Waals surface area contributed by atoms with E-state index >= 15 is 0 Å². The fourth-order valence-corrected chi connectivity index (χ4v) is 2.62. The van der Waals surface area contributed by atoms with E-state index in [1.807, 2.05) is 12.1 Å². The van der Waals surface area contributed by atoms with E-state index in [-0.39, 0.29) is 11.4 Å². The molecule has 8 heteroatoms. The number of anilines is 2. The minimum Gasteiger partial charge on any atom is -0.378 e. The predicted molar refractivity (Wildman–Crippen MR) is 87.7 cm³/mol. The Morgan fingerprint density at radius 3 is 2.88 bits per heavy atom. The number of hydrogen-bond acceptors (Lipinski definition) is 6. The Hall–Kier alpha value is -2.74. The number of ether oxygens (including phenoxy) is 1. The fraction of sp³-hybridized carbons (Fsp3) is 0.312. The summed E-state index contributed by atoms with van der Waals surface area (Å²) in [5, 5.41) is 14.1. The molecule has 0 unspecified atom stereocenters. The van der Waals surface area contributed by atoms with Crippen LogP contribution >= 0.6 is 0 Å². The zero-order valence-electron chi connectivity index (χ0n) is 12.9. The topological polar surface area (TPSA) is 80.5 Å². The average molecular weight is 332 g/mol. The normalized spacial score (nSPS) is 14.5. The number of morpholine rings is 1. The third kappa shape index (κ3) is 3.60. The number of aromatic nitrogens is 1. The van der Waals surface area contributed by atoms with Gasteiger partial charge in [-0.2, -0.15) is 0 Å². The van der Waals surface area contributed by atoms with Crippen LogP contribution in [-0.4, -0.2) is 36.2 Å². The van der Waals surface area contributed by atoms with E-state index in [9.17, 15) is 14.5 Å². The molecule has 1 saturated heterocycles. The molecule has 1 aliphatic rings. The standard InChI is InChI=1S/C16H17FN4O3/c17-13-3-4-14(15(10-13)21(22)23)19-11-12-2-1-5-18-16(12)20-6-8-24-9-7-20/h1-5,10,19H,6-9,11H2. The molecule has 0 aliphatic carbocycles. The van der Waals surface area contributed by atoms with Crippen LogP contribution in [0.5, 0.6) is 0 Å².